The maximum Gasteiger partial charge on any atom is 0.123 e. The molecule has 0 heterocycles. The van der Waals surface area contributed by atoms with Crippen LogP contribution in [-0.2, 0) is 0 Å². The first-order valence-corrected chi connectivity index (χ1v) is 6.75. The molecule has 4 heteroatoms. The number of halogens is 1. The number of rotatable bonds is 6. The van der Waals surface area contributed by atoms with Gasteiger partial charge in [-0.25, -0.2) is 4.39 Å². The summed E-state index contributed by atoms with van der Waals surface area (Å²) in [7, 11) is 4.06. The average molecular weight is 268 g/mol. The van der Waals surface area contributed by atoms with Crippen LogP contribution in [0.1, 0.15) is 32.4 Å². The van der Waals surface area contributed by atoms with E-state index >= 15 is 0 Å². The zero-order valence-electron chi connectivity index (χ0n) is 12.5. The van der Waals surface area contributed by atoms with E-state index in [0.717, 1.165) is 18.8 Å². The second-order valence-corrected chi connectivity index (χ2v) is 5.28. The molecule has 0 bridgehead atoms. The molecule has 0 aliphatic heterocycles. The van der Waals surface area contributed by atoms with Gasteiger partial charge in [-0.15, -0.1) is 0 Å². The zero-order valence-corrected chi connectivity index (χ0v) is 12.5. The molecule has 108 valence electrons. The molecule has 0 aliphatic carbocycles. The molecule has 0 aromatic heterocycles. The Balaban J connectivity index is 3.10. The Hall–Kier alpha value is -1.13. The Morgan fingerprint density at radius 2 is 1.89 bits per heavy atom. The predicted octanol–water partition coefficient (Wildman–Crippen LogP) is 2.66. The van der Waals surface area contributed by atoms with E-state index in [0.29, 0.717) is 11.6 Å². The normalized spacial score (nSPS) is 14.5. The predicted molar refractivity (Wildman–Crippen MR) is 78.1 cm³/mol. The first kappa shape index (κ1) is 15.9. The summed E-state index contributed by atoms with van der Waals surface area (Å²) < 4.78 is 13.3. The fourth-order valence-electron chi connectivity index (χ4n) is 2.47. The van der Waals surface area contributed by atoms with Crippen LogP contribution in [0.25, 0.3) is 0 Å². The Labute approximate surface area is 115 Å². The van der Waals surface area contributed by atoms with Crippen molar-refractivity contribution < 1.29 is 9.50 Å². The molecule has 2 atom stereocenters. The van der Waals surface area contributed by atoms with Crippen molar-refractivity contribution in [3.8, 4) is 0 Å². The Morgan fingerprint density at radius 1 is 1.26 bits per heavy atom. The minimum Gasteiger partial charge on any atom is -0.389 e. The molecule has 0 saturated heterocycles. The summed E-state index contributed by atoms with van der Waals surface area (Å²) in [5, 5.41) is 9.83. The van der Waals surface area contributed by atoms with E-state index in [9.17, 15) is 9.50 Å². The van der Waals surface area contributed by atoms with Gasteiger partial charge in [-0.3, -0.25) is 0 Å². The molecule has 0 aliphatic rings. The van der Waals surface area contributed by atoms with Crippen LogP contribution in [0.3, 0.4) is 0 Å². The summed E-state index contributed by atoms with van der Waals surface area (Å²) in [4.78, 5) is 4.32. The van der Waals surface area contributed by atoms with Gasteiger partial charge in [0.2, 0.25) is 0 Å². The highest BCUT2D eigenvalue weighted by atomic mass is 19.1. The lowest BCUT2D eigenvalue weighted by Crippen LogP contribution is -2.40. The van der Waals surface area contributed by atoms with Gasteiger partial charge in [0.05, 0.1) is 6.10 Å². The monoisotopic (exact) mass is 268 g/mol. The highest BCUT2D eigenvalue weighted by Crippen LogP contribution is 2.28. The second kappa shape index (κ2) is 6.87. The van der Waals surface area contributed by atoms with Gasteiger partial charge >= 0.3 is 0 Å². The van der Waals surface area contributed by atoms with Crippen LogP contribution >= 0.6 is 0 Å². The van der Waals surface area contributed by atoms with Crippen LogP contribution < -0.4 is 4.90 Å². The largest absolute Gasteiger partial charge is 0.389 e. The molecule has 0 spiro atoms. The molecule has 0 radical (unpaired) electrons. The van der Waals surface area contributed by atoms with Crippen LogP contribution in [0.2, 0.25) is 0 Å². The molecule has 3 nitrogen and oxygen atoms in total. The van der Waals surface area contributed by atoms with Gasteiger partial charge in [0.15, 0.2) is 0 Å². The zero-order chi connectivity index (χ0) is 14.6. The number of aliphatic hydroxyl groups is 1. The topological polar surface area (TPSA) is 26.7 Å². The van der Waals surface area contributed by atoms with Crippen molar-refractivity contribution in [3.63, 3.8) is 0 Å². The van der Waals surface area contributed by atoms with Crippen molar-refractivity contribution >= 4 is 5.69 Å². The number of hydrogen-bond donors (Lipinski definition) is 1. The van der Waals surface area contributed by atoms with E-state index in [2.05, 4.69) is 23.6 Å². The van der Waals surface area contributed by atoms with Gasteiger partial charge in [0.25, 0.3) is 0 Å². The standard InChI is InChI=1S/C15H25FN2O/c1-6-18(11(2)10-17(4)5)15-8-7-13(16)9-14(15)12(3)19/h7-9,11-12,19H,6,10H2,1-5H3. The van der Waals surface area contributed by atoms with Crippen LogP contribution in [0.15, 0.2) is 18.2 Å². The molecule has 19 heavy (non-hydrogen) atoms. The third kappa shape index (κ3) is 4.18. The fourth-order valence-corrected chi connectivity index (χ4v) is 2.47. The smallest absolute Gasteiger partial charge is 0.123 e. The van der Waals surface area contributed by atoms with Gasteiger partial charge in [-0.2, -0.15) is 0 Å². The van der Waals surface area contributed by atoms with Crippen LogP contribution in [0.5, 0.6) is 0 Å². The lowest BCUT2D eigenvalue weighted by molar-refractivity contribution is 0.199. The van der Waals surface area contributed by atoms with Gasteiger partial charge in [-0.05, 0) is 53.1 Å². The molecule has 1 rings (SSSR count). The SMILES string of the molecule is CCN(c1ccc(F)cc1C(C)O)C(C)CN(C)C. The molecule has 2 unspecified atom stereocenters. The summed E-state index contributed by atoms with van der Waals surface area (Å²) in [5.41, 5.74) is 1.56. The minimum absolute atomic E-state index is 0.294. The molecular weight excluding hydrogens is 243 g/mol. The van der Waals surface area contributed by atoms with Gasteiger partial charge in [-0.1, -0.05) is 0 Å². The lowest BCUT2D eigenvalue weighted by atomic mass is 10.1. The van der Waals surface area contributed by atoms with Crippen LogP contribution in [-0.4, -0.2) is 43.2 Å². The summed E-state index contributed by atoms with van der Waals surface area (Å²) in [5.74, 6) is -0.309. The molecule has 0 saturated carbocycles. The van der Waals surface area contributed by atoms with Crippen LogP contribution in [0.4, 0.5) is 10.1 Å². The third-order valence-electron chi connectivity index (χ3n) is 3.25. The highest BCUT2D eigenvalue weighted by Gasteiger charge is 2.19. The molecule has 0 amide bonds. The Bertz CT molecular complexity index is 407. The summed E-state index contributed by atoms with van der Waals surface area (Å²) >= 11 is 0. The summed E-state index contributed by atoms with van der Waals surface area (Å²) in [6, 6.07) is 4.92. The number of aliphatic hydroxyl groups excluding tert-OH is 1. The number of anilines is 1. The van der Waals surface area contributed by atoms with Crippen molar-refractivity contribution in [1.29, 1.82) is 0 Å². The maximum absolute atomic E-state index is 13.3. The summed E-state index contributed by atoms with van der Waals surface area (Å²) in [6.45, 7) is 7.60. The van der Waals surface area contributed by atoms with Crippen molar-refractivity contribution in [2.24, 2.45) is 0 Å². The van der Waals surface area contributed by atoms with Crippen molar-refractivity contribution in [1.82, 2.24) is 4.90 Å². The first-order valence-electron chi connectivity index (χ1n) is 6.75. The molecule has 1 aromatic carbocycles. The number of benzene rings is 1. The first-order chi connectivity index (χ1) is 8.86. The van der Waals surface area contributed by atoms with E-state index in [1.807, 2.05) is 14.1 Å². The number of hydrogen-bond acceptors (Lipinski definition) is 3. The maximum atomic E-state index is 13.3. The van der Waals surface area contributed by atoms with Gasteiger partial charge in [0.1, 0.15) is 5.82 Å². The van der Waals surface area contributed by atoms with Crippen molar-refractivity contribution in [2.45, 2.75) is 32.9 Å². The fraction of sp³-hybridized carbons (Fsp3) is 0.600. The summed E-state index contributed by atoms with van der Waals surface area (Å²) in [6.07, 6.45) is -0.675. The van der Waals surface area contributed by atoms with E-state index in [4.69, 9.17) is 0 Å². The second-order valence-electron chi connectivity index (χ2n) is 5.28. The van der Waals surface area contributed by atoms with Gasteiger partial charge < -0.3 is 14.9 Å². The van der Waals surface area contributed by atoms with Crippen molar-refractivity contribution in [2.75, 3.05) is 32.1 Å². The molecule has 1 aromatic rings. The number of likely N-dealkylation sites (N-methyl/N-ethyl adjacent to an activating group) is 2. The van der Waals surface area contributed by atoms with E-state index in [1.165, 1.54) is 12.1 Å². The van der Waals surface area contributed by atoms with E-state index < -0.39 is 6.10 Å². The Morgan fingerprint density at radius 3 is 2.37 bits per heavy atom. The quantitative estimate of drug-likeness (QED) is 0.859. The average Bonchev–Trinajstić information content (AvgIpc) is 2.30. The number of nitrogens with zero attached hydrogens (tertiary/aromatic N) is 2. The van der Waals surface area contributed by atoms with Crippen molar-refractivity contribution in [3.05, 3.63) is 29.6 Å². The minimum atomic E-state index is -0.675. The Kier molecular flexibility index (Phi) is 5.76. The third-order valence-corrected chi connectivity index (χ3v) is 3.25. The molecule has 1 N–H and O–H groups in total. The van der Waals surface area contributed by atoms with E-state index in [-0.39, 0.29) is 5.82 Å². The highest BCUT2D eigenvalue weighted by molar-refractivity contribution is 5.55. The molecule has 0 fully saturated rings. The van der Waals surface area contributed by atoms with E-state index in [1.54, 1.807) is 13.0 Å². The lowest BCUT2D eigenvalue weighted by Gasteiger charge is -2.34. The van der Waals surface area contributed by atoms with Crippen LogP contribution in [0, 0.1) is 5.82 Å². The van der Waals surface area contributed by atoms with Gasteiger partial charge in [0, 0.05) is 30.4 Å². The molecular formula is C15H25FN2O.